The van der Waals surface area contributed by atoms with Crippen LogP contribution in [0.5, 0.6) is 0 Å². The molecule has 8 rings (SSSR count). The Hall–Kier alpha value is -5.25. The van der Waals surface area contributed by atoms with Crippen LogP contribution in [-0.4, -0.2) is 5.84 Å². The molecule has 2 N–H and O–H groups in total. The lowest BCUT2D eigenvalue weighted by atomic mass is 9.95. The van der Waals surface area contributed by atoms with Crippen molar-refractivity contribution < 1.29 is 0 Å². The summed E-state index contributed by atoms with van der Waals surface area (Å²) in [6.45, 7) is 0. The lowest BCUT2D eigenvalue weighted by molar-refractivity contribution is 0.409. The zero-order chi connectivity index (χ0) is 29.3. The van der Waals surface area contributed by atoms with Gasteiger partial charge in [0.05, 0.1) is 0 Å². The second kappa shape index (κ2) is 11.4. The molecular formula is C41H33N3. The molecule has 0 spiro atoms. The Morgan fingerprint density at radius 2 is 1.30 bits per heavy atom. The van der Waals surface area contributed by atoms with Crippen molar-refractivity contribution >= 4 is 33.0 Å². The van der Waals surface area contributed by atoms with Gasteiger partial charge in [0, 0.05) is 5.56 Å². The second-order valence-electron chi connectivity index (χ2n) is 11.7. The largest absolute Gasteiger partial charge is 0.350 e. The average Bonchev–Trinajstić information content (AvgIpc) is 3.11. The molecule has 3 heteroatoms. The predicted octanol–water partition coefficient (Wildman–Crippen LogP) is 9.73. The summed E-state index contributed by atoms with van der Waals surface area (Å²) in [6, 6.07) is 48.0. The van der Waals surface area contributed by atoms with Crippen molar-refractivity contribution in [3.8, 4) is 11.1 Å². The van der Waals surface area contributed by atoms with Gasteiger partial charge in [-0.1, -0.05) is 127 Å². The Labute approximate surface area is 258 Å². The van der Waals surface area contributed by atoms with Crippen LogP contribution in [0.25, 0.3) is 38.2 Å². The zero-order valence-electron chi connectivity index (χ0n) is 24.4. The van der Waals surface area contributed by atoms with Gasteiger partial charge in [-0.15, -0.1) is 0 Å². The highest BCUT2D eigenvalue weighted by Gasteiger charge is 2.26. The summed E-state index contributed by atoms with van der Waals surface area (Å²) in [5.74, 6) is 0.893. The van der Waals surface area contributed by atoms with E-state index < -0.39 is 0 Å². The molecule has 1 heterocycles. The van der Waals surface area contributed by atoms with E-state index in [-0.39, 0.29) is 12.3 Å². The Balaban J connectivity index is 1.21. The number of nitrogens with one attached hydrogen (secondary N) is 2. The van der Waals surface area contributed by atoms with Gasteiger partial charge in [-0.2, -0.15) is 0 Å². The molecule has 212 valence electrons. The first-order valence-electron chi connectivity index (χ1n) is 15.4. The van der Waals surface area contributed by atoms with E-state index in [0.29, 0.717) is 0 Å². The fraction of sp³-hybridized carbons (Fsp3) is 0.0976. The first kappa shape index (κ1) is 26.4. The highest BCUT2D eigenvalue weighted by atomic mass is 15.3. The summed E-state index contributed by atoms with van der Waals surface area (Å²) in [5, 5.41) is 12.5. The fourth-order valence-electron chi connectivity index (χ4n) is 6.39. The summed E-state index contributed by atoms with van der Waals surface area (Å²) >= 11 is 0. The number of benzene rings is 6. The van der Waals surface area contributed by atoms with Crippen LogP contribution in [0.3, 0.4) is 0 Å². The van der Waals surface area contributed by atoms with Gasteiger partial charge in [0.2, 0.25) is 0 Å². The van der Waals surface area contributed by atoms with Crippen LogP contribution >= 0.6 is 0 Å². The van der Waals surface area contributed by atoms with Crippen molar-refractivity contribution in [2.75, 3.05) is 0 Å². The highest BCUT2D eigenvalue weighted by Crippen LogP contribution is 2.31. The van der Waals surface area contributed by atoms with Crippen molar-refractivity contribution in [1.82, 2.24) is 10.6 Å². The zero-order valence-corrected chi connectivity index (χ0v) is 24.4. The molecule has 0 amide bonds. The van der Waals surface area contributed by atoms with Gasteiger partial charge >= 0.3 is 0 Å². The van der Waals surface area contributed by atoms with Crippen LogP contribution in [0.1, 0.15) is 47.4 Å². The van der Waals surface area contributed by atoms with Crippen LogP contribution in [0.2, 0.25) is 0 Å². The minimum absolute atomic E-state index is 0.107. The number of fused-ring (bicyclic) bond motifs is 2. The second-order valence-corrected chi connectivity index (χ2v) is 11.7. The van der Waals surface area contributed by atoms with Gasteiger partial charge in [-0.05, 0) is 92.0 Å². The predicted molar refractivity (Wildman–Crippen MR) is 184 cm³/mol. The maximum Gasteiger partial charge on any atom is 0.131 e. The molecule has 0 fully saturated rings. The number of rotatable bonds is 5. The summed E-state index contributed by atoms with van der Waals surface area (Å²) in [5.41, 5.74) is 8.51. The van der Waals surface area contributed by atoms with E-state index in [2.05, 4.69) is 162 Å². The third-order valence-electron chi connectivity index (χ3n) is 8.78. The molecule has 0 radical (unpaired) electrons. The topological polar surface area (TPSA) is 36.4 Å². The molecule has 6 aromatic carbocycles. The molecule has 1 aliphatic heterocycles. The van der Waals surface area contributed by atoms with Crippen LogP contribution in [0.15, 0.2) is 157 Å². The molecule has 2 aliphatic rings. The van der Waals surface area contributed by atoms with E-state index in [9.17, 15) is 0 Å². The van der Waals surface area contributed by atoms with E-state index in [0.717, 1.165) is 29.8 Å². The van der Waals surface area contributed by atoms with E-state index >= 15 is 0 Å². The maximum absolute atomic E-state index is 5.29. The summed E-state index contributed by atoms with van der Waals surface area (Å²) in [7, 11) is 0. The quantitative estimate of drug-likeness (QED) is 0.218. The van der Waals surface area contributed by atoms with Gasteiger partial charge in [0.25, 0.3) is 0 Å². The van der Waals surface area contributed by atoms with E-state index in [4.69, 9.17) is 4.99 Å². The fourth-order valence-corrected chi connectivity index (χ4v) is 6.39. The van der Waals surface area contributed by atoms with Gasteiger partial charge in [0.1, 0.15) is 18.2 Å². The minimum atomic E-state index is -0.200. The summed E-state index contributed by atoms with van der Waals surface area (Å²) < 4.78 is 0. The normalized spacial score (nSPS) is 18.1. The highest BCUT2D eigenvalue weighted by molar-refractivity contribution is 6.03. The van der Waals surface area contributed by atoms with Crippen LogP contribution in [0, 0.1) is 0 Å². The molecular weight excluding hydrogens is 534 g/mol. The van der Waals surface area contributed by atoms with Gasteiger partial charge in [-0.25, -0.2) is 4.99 Å². The number of allylic oxidation sites excluding steroid dienone is 4. The molecule has 1 aliphatic carbocycles. The van der Waals surface area contributed by atoms with Gasteiger partial charge < -0.3 is 5.32 Å². The van der Waals surface area contributed by atoms with Crippen LogP contribution in [-0.2, 0) is 0 Å². The van der Waals surface area contributed by atoms with E-state index in [1.165, 1.54) is 49.4 Å². The van der Waals surface area contributed by atoms with Crippen molar-refractivity contribution in [2.24, 2.45) is 4.99 Å². The van der Waals surface area contributed by atoms with E-state index in [1.807, 2.05) is 0 Å². The van der Waals surface area contributed by atoms with Gasteiger partial charge in [-0.3, -0.25) is 5.32 Å². The Morgan fingerprint density at radius 1 is 0.545 bits per heavy atom. The van der Waals surface area contributed by atoms with Crippen molar-refractivity contribution in [3.63, 3.8) is 0 Å². The Bertz CT molecular complexity index is 2090. The van der Waals surface area contributed by atoms with Crippen LogP contribution < -0.4 is 10.6 Å². The monoisotopic (exact) mass is 567 g/mol. The maximum atomic E-state index is 5.29. The molecule has 0 saturated heterocycles. The first-order valence-corrected chi connectivity index (χ1v) is 15.4. The molecule has 0 bridgehead atoms. The average molecular weight is 568 g/mol. The van der Waals surface area contributed by atoms with Gasteiger partial charge in [0.15, 0.2) is 0 Å². The first-order chi connectivity index (χ1) is 21.8. The number of hydrogen-bond acceptors (Lipinski definition) is 3. The molecule has 2 atom stereocenters. The molecule has 0 saturated carbocycles. The minimum Gasteiger partial charge on any atom is -0.350 e. The summed E-state index contributed by atoms with van der Waals surface area (Å²) in [4.78, 5) is 5.29. The number of amidine groups is 1. The van der Waals surface area contributed by atoms with E-state index in [1.54, 1.807) is 0 Å². The number of nitrogens with zero attached hydrogens (tertiary/aromatic N) is 1. The number of aliphatic imine (C=N–C) groups is 1. The Morgan fingerprint density at radius 3 is 2.16 bits per heavy atom. The van der Waals surface area contributed by atoms with Crippen molar-refractivity contribution in [1.29, 1.82) is 0 Å². The SMILES string of the molecule is C1=CCCC(c2cccc(C3N=C(c4ccc5ccc(-c6ccccc6)cc5c4)NC(c4ccc5ccccc5c4)N3)c2)=C1. The molecule has 44 heavy (non-hydrogen) atoms. The third-order valence-corrected chi connectivity index (χ3v) is 8.78. The third kappa shape index (κ3) is 5.23. The Kier molecular flexibility index (Phi) is 6.86. The molecule has 3 nitrogen and oxygen atoms in total. The molecule has 2 unspecified atom stereocenters. The molecule has 0 aromatic heterocycles. The smallest absolute Gasteiger partial charge is 0.131 e. The van der Waals surface area contributed by atoms with Crippen LogP contribution in [0.4, 0.5) is 0 Å². The van der Waals surface area contributed by atoms with Crippen molar-refractivity contribution in [2.45, 2.75) is 25.2 Å². The van der Waals surface area contributed by atoms with Crippen molar-refractivity contribution in [3.05, 3.63) is 174 Å². The lowest BCUT2D eigenvalue weighted by Gasteiger charge is -2.32. The molecule has 6 aromatic rings. The lowest BCUT2D eigenvalue weighted by Crippen LogP contribution is -2.45. The summed E-state index contributed by atoms with van der Waals surface area (Å²) in [6.07, 6.45) is 8.49. The number of hydrogen-bond donors (Lipinski definition) is 2. The standard InChI is InChI=1S/C41H33N3/c1-3-10-28(11-4-1)33-16-9-17-35(24-33)39-42-40(36-22-19-30-14-7-8-15-32(30)25-36)44-41(43-39)37-23-20-31-18-21-34(26-38(31)27-37)29-12-5-2-6-13-29/h1-3,5-10,12-27,39-40,42H,4,11H2,(H,43,44).